The number of nitrogens with zero attached hydrogens (tertiary/aromatic N) is 4. The smallest absolute Gasteiger partial charge is 0.274 e. The second kappa shape index (κ2) is 8.54. The summed E-state index contributed by atoms with van der Waals surface area (Å²) in [5, 5.41) is 4.31. The molecule has 1 saturated heterocycles. The second-order valence-corrected chi connectivity index (χ2v) is 7.52. The lowest BCUT2D eigenvalue weighted by molar-refractivity contribution is -0.134. The van der Waals surface area contributed by atoms with Crippen LogP contribution in [0.3, 0.4) is 0 Å². The SMILES string of the molecule is CCn1ccc(C(=O)N2CCC(=O)N(Cc3ccc(F)cc3)C(C(C)C)C2)n1. The third kappa shape index (κ3) is 4.40. The lowest BCUT2D eigenvalue weighted by atomic mass is 10.0. The van der Waals surface area contributed by atoms with Crippen molar-refractivity contribution < 1.29 is 14.0 Å². The minimum atomic E-state index is -0.297. The summed E-state index contributed by atoms with van der Waals surface area (Å²) in [5.41, 5.74) is 1.28. The average Bonchev–Trinajstić information content (AvgIpc) is 3.10. The van der Waals surface area contributed by atoms with Gasteiger partial charge in [0.15, 0.2) is 0 Å². The lowest BCUT2D eigenvalue weighted by Crippen LogP contribution is -2.47. The molecule has 7 heteroatoms. The molecule has 0 radical (unpaired) electrons. The summed E-state index contributed by atoms with van der Waals surface area (Å²) < 4.78 is 14.9. The van der Waals surface area contributed by atoms with E-state index in [0.717, 1.165) is 5.56 Å². The van der Waals surface area contributed by atoms with Gasteiger partial charge in [0.2, 0.25) is 5.91 Å². The van der Waals surface area contributed by atoms with Crippen LogP contribution in [-0.2, 0) is 17.9 Å². The number of rotatable bonds is 5. The van der Waals surface area contributed by atoms with Crippen molar-refractivity contribution in [2.75, 3.05) is 13.1 Å². The zero-order chi connectivity index (χ0) is 20.3. The zero-order valence-electron chi connectivity index (χ0n) is 16.6. The Labute approximate surface area is 164 Å². The monoisotopic (exact) mass is 386 g/mol. The summed E-state index contributed by atoms with van der Waals surface area (Å²) in [4.78, 5) is 29.3. The molecule has 28 heavy (non-hydrogen) atoms. The molecule has 0 bridgehead atoms. The van der Waals surface area contributed by atoms with Crippen LogP contribution in [0.15, 0.2) is 36.5 Å². The van der Waals surface area contributed by atoms with Crippen LogP contribution in [0.25, 0.3) is 0 Å². The molecule has 0 spiro atoms. The van der Waals surface area contributed by atoms with E-state index >= 15 is 0 Å². The van der Waals surface area contributed by atoms with E-state index in [4.69, 9.17) is 0 Å². The Morgan fingerprint density at radius 1 is 1.25 bits per heavy atom. The molecule has 1 atom stereocenters. The standard InChI is InChI=1S/C21H27FN4O2/c1-4-25-12-9-18(23-25)21(28)24-11-10-20(27)26(19(14-24)15(2)3)13-16-5-7-17(22)8-6-16/h5-9,12,15,19H,4,10-11,13-14H2,1-3H3. The van der Waals surface area contributed by atoms with Crippen LogP contribution in [0.1, 0.15) is 43.2 Å². The fraction of sp³-hybridized carbons (Fsp3) is 0.476. The Morgan fingerprint density at radius 2 is 1.96 bits per heavy atom. The van der Waals surface area contributed by atoms with E-state index in [1.807, 2.05) is 11.8 Å². The quantitative estimate of drug-likeness (QED) is 0.794. The molecule has 1 aromatic carbocycles. The van der Waals surface area contributed by atoms with E-state index in [9.17, 15) is 14.0 Å². The van der Waals surface area contributed by atoms with Gasteiger partial charge in [0.1, 0.15) is 11.5 Å². The maximum atomic E-state index is 13.2. The predicted molar refractivity (Wildman–Crippen MR) is 104 cm³/mol. The highest BCUT2D eigenvalue weighted by Gasteiger charge is 2.34. The van der Waals surface area contributed by atoms with Crippen molar-refractivity contribution in [2.24, 2.45) is 5.92 Å². The number of carbonyl (C=O) groups is 2. The maximum Gasteiger partial charge on any atom is 0.274 e. The van der Waals surface area contributed by atoms with Crippen LogP contribution >= 0.6 is 0 Å². The molecule has 1 aliphatic heterocycles. The normalized spacial score (nSPS) is 17.9. The molecule has 2 aromatic rings. The Kier molecular flexibility index (Phi) is 6.11. The van der Waals surface area contributed by atoms with Gasteiger partial charge in [0, 0.05) is 38.8 Å². The van der Waals surface area contributed by atoms with Gasteiger partial charge in [0.05, 0.1) is 6.04 Å². The van der Waals surface area contributed by atoms with Crippen molar-refractivity contribution in [2.45, 2.75) is 46.3 Å². The van der Waals surface area contributed by atoms with Crippen LogP contribution in [0.5, 0.6) is 0 Å². The van der Waals surface area contributed by atoms with Crippen molar-refractivity contribution in [3.63, 3.8) is 0 Å². The number of hydrogen-bond acceptors (Lipinski definition) is 3. The van der Waals surface area contributed by atoms with Gasteiger partial charge in [-0.05, 0) is 36.6 Å². The van der Waals surface area contributed by atoms with Crippen molar-refractivity contribution >= 4 is 11.8 Å². The third-order valence-corrected chi connectivity index (χ3v) is 5.23. The van der Waals surface area contributed by atoms with Crippen molar-refractivity contribution in [1.82, 2.24) is 19.6 Å². The topological polar surface area (TPSA) is 58.4 Å². The number of amides is 2. The Hall–Kier alpha value is -2.70. The summed E-state index contributed by atoms with van der Waals surface area (Å²) >= 11 is 0. The molecule has 1 aromatic heterocycles. The summed E-state index contributed by atoms with van der Waals surface area (Å²) in [7, 11) is 0. The first-order valence-corrected chi connectivity index (χ1v) is 9.75. The van der Waals surface area contributed by atoms with Gasteiger partial charge in [-0.25, -0.2) is 4.39 Å². The van der Waals surface area contributed by atoms with Gasteiger partial charge in [-0.1, -0.05) is 26.0 Å². The molecule has 6 nitrogen and oxygen atoms in total. The van der Waals surface area contributed by atoms with Crippen LogP contribution in [0.4, 0.5) is 4.39 Å². The minimum absolute atomic E-state index is 0.0115. The van der Waals surface area contributed by atoms with E-state index in [1.165, 1.54) is 12.1 Å². The highest BCUT2D eigenvalue weighted by Crippen LogP contribution is 2.22. The number of halogens is 1. The Bertz CT molecular complexity index is 831. The fourth-order valence-electron chi connectivity index (χ4n) is 3.54. The van der Waals surface area contributed by atoms with Crippen molar-refractivity contribution in [3.05, 3.63) is 53.6 Å². The lowest BCUT2D eigenvalue weighted by Gasteiger charge is -2.34. The van der Waals surface area contributed by atoms with Crippen molar-refractivity contribution in [1.29, 1.82) is 0 Å². The first kappa shape index (κ1) is 20.0. The summed E-state index contributed by atoms with van der Waals surface area (Å²) in [6.07, 6.45) is 2.06. The first-order chi connectivity index (χ1) is 13.4. The van der Waals surface area contributed by atoms with Gasteiger partial charge in [-0.2, -0.15) is 5.10 Å². The molecule has 1 unspecified atom stereocenters. The molecule has 2 amide bonds. The van der Waals surface area contributed by atoms with Crippen LogP contribution in [0, 0.1) is 11.7 Å². The highest BCUT2D eigenvalue weighted by atomic mass is 19.1. The Balaban J connectivity index is 1.80. The highest BCUT2D eigenvalue weighted by molar-refractivity contribution is 5.92. The molecule has 0 N–H and O–H groups in total. The summed E-state index contributed by atoms with van der Waals surface area (Å²) in [6, 6.07) is 7.82. The number of aromatic nitrogens is 2. The number of aryl methyl sites for hydroxylation is 1. The van der Waals surface area contributed by atoms with Crippen LogP contribution < -0.4 is 0 Å². The molecular weight excluding hydrogens is 359 g/mol. The van der Waals surface area contributed by atoms with E-state index in [0.29, 0.717) is 31.9 Å². The summed E-state index contributed by atoms with van der Waals surface area (Å²) in [5.74, 6) is -0.257. The third-order valence-electron chi connectivity index (χ3n) is 5.23. The molecular formula is C21H27FN4O2. The van der Waals surface area contributed by atoms with Crippen LogP contribution in [0.2, 0.25) is 0 Å². The van der Waals surface area contributed by atoms with E-state index in [-0.39, 0.29) is 36.0 Å². The molecule has 0 aliphatic carbocycles. The molecule has 1 aliphatic rings. The predicted octanol–water partition coefficient (Wildman–Crippen LogP) is 2.94. The van der Waals surface area contributed by atoms with E-state index in [2.05, 4.69) is 18.9 Å². The van der Waals surface area contributed by atoms with E-state index in [1.54, 1.807) is 34.0 Å². The molecule has 0 saturated carbocycles. The van der Waals surface area contributed by atoms with Gasteiger partial charge in [0.25, 0.3) is 5.91 Å². The fourth-order valence-corrected chi connectivity index (χ4v) is 3.54. The van der Waals surface area contributed by atoms with Crippen LogP contribution in [-0.4, -0.2) is 50.5 Å². The molecule has 3 rings (SSSR count). The molecule has 2 heterocycles. The number of carbonyl (C=O) groups excluding carboxylic acids is 2. The minimum Gasteiger partial charge on any atom is -0.335 e. The van der Waals surface area contributed by atoms with Crippen molar-refractivity contribution in [3.8, 4) is 0 Å². The van der Waals surface area contributed by atoms with Gasteiger partial charge < -0.3 is 9.80 Å². The molecule has 1 fully saturated rings. The average molecular weight is 386 g/mol. The largest absolute Gasteiger partial charge is 0.335 e. The van der Waals surface area contributed by atoms with Gasteiger partial charge in [-0.3, -0.25) is 14.3 Å². The Morgan fingerprint density at radius 3 is 2.57 bits per heavy atom. The second-order valence-electron chi connectivity index (χ2n) is 7.52. The van der Waals surface area contributed by atoms with E-state index < -0.39 is 0 Å². The molecule has 150 valence electrons. The summed E-state index contributed by atoms with van der Waals surface area (Å²) in [6.45, 7) is 8.02. The number of benzene rings is 1. The first-order valence-electron chi connectivity index (χ1n) is 9.75. The van der Waals surface area contributed by atoms with Gasteiger partial charge in [-0.15, -0.1) is 0 Å². The number of hydrogen-bond donors (Lipinski definition) is 0. The zero-order valence-corrected chi connectivity index (χ0v) is 16.6. The van der Waals surface area contributed by atoms with Gasteiger partial charge >= 0.3 is 0 Å². The maximum absolute atomic E-state index is 13.2.